The first kappa shape index (κ1) is 8.00. The van der Waals surface area contributed by atoms with Crippen molar-refractivity contribution in [3.8, 4) is 0 Å². The molecule has 1 rings (SSSR count). The molecule has 11 heavy (non-hydrogen) atoms. The van der Waals surface area contributed by atoms with Gasteiger partial charge in [0.25, 0.3) is 0 Å². The van der Waals surface area contributed by atoms with Crippen LogP contribution in [0.5, 0.6) is 0 Å². The van der Waals surface area contributed by atoms with Gasteiger partial charge in [0, 0.05) is 6.04 Å². The molecule has 0 unspecified atom stereocenters. The third kappa shape index (κ3) is 2.55. The fraction of sp³-hybridized carbons (Fsp3) is 0.667. The molecule has 0 aliphatic carbocycles. The Morgan fingerprint density at radius 3 is 2.82 bits per heavy atom. The molecule has 5 heteroatoms. The molecule has 0 aromatic carbocycles. The Labute approximate surface area is 64.2 Å². The maximum absolute atomic E-state index is 10.5. The maximum atomic E-state index is 10.5. The lowest BCUT2D eigenvalue weighted by molar-refractivity contribution is 0.573. The molecule has 62 valence electrons. The Morgan fingerprint density at radius 2 is 2.36 bits per heavy atom. The van der Waals surface area contributed by atoms with Gasteiger partial charge < -0.3 is 5.32 Å². The molecule has 1 heterocycles. The number of aromatic amines is 2. The van der Waals surface area contributed by atoms with E-state index < -0.39 is 0 Å². The largest absolute Gasteiger partial charge is 0.340 e. The second kappa shape index (κ2) is 3.34. The highest BCUT2D eigenvalue weighted by Gasteiger charge is 1.97. The highest BCUT2D eigenvalue weighted by atomic mass is 16.1. The third-order valence-corrected chi connectivity index (χ3v) is 1.23. The first-order chi connectivity index (χ1) is 5.18. The Hall–Kier alpha value is -1.10. The maximum Gasteiger partial charge on any atom is 0.340 e. The fourth-order valence-corrected chi connectivity index (χ4v) is 0.690. The van der Waals surface area contributed by atoms with Crippen molar-refractivity contribution in [2.24, 2.45) is 0 Å². The summed E-state index contributed by atoms with van der Waals surface area (Å²) in [5, 5.41) is 9.15. The number of hydrogen-bond donors (Lipinski definition) is 3. The Kier molecular flexibility index (Phi) is 2.43. The van der Waals surface area contributed by atoms with Gasteiger partial charge in [-0.3, -0.25) is 4.98 Å². The van der Waals surface area contributed by atoms with Crippen molar-refractivity contribution < 1.29 is 0 Å². The zero-order valence-electron chi connectivity index (χ0n) is 6.64. The van der Waals surface area contributed by atoms with E-state index in [1.807, 2.05) is 13.8 Å². The Bertz CT molecular complexity index is 262. The van der Waals surface area contributed by atoms with Crippen molar-refractivity contribution in [3.63, 3.8) is 0 Å². The smallest absolute Gasteiger partial charge is 0.308 e. The van der Waals surface area contributed by atoms with Crippen LogP contribution in [0.3, 0.4) is 0 Å². The van der Waals surface area contributed by atoms with Crippen LogP contribution >= 0.6 is 0 Å². The lowest BCUT2D eigenvalue weighted by Gasteiger charge is -2.03. The summed E-state index contributed by atoms with van der Waals surface area (Å²) in [6.45, 7) is 4.66. The lowest BCUT2D eigenvalue weighted by Crippen LogP contribution is -2.22. The summed E-state index contributed by atoms with van der Waals surface area (Å²) in [5.41, 5.74) is -0.259. The van der Waals surface area contributed by atoms with Gasteiger partial charge in [0.05, 0.1) is 6.54 Å². The van der Waals surface area contributed by atoms with E-state index in [1.165, 1.54) is 0 Å². The molecule has 1 aromatic heterocycles. The molecule has 3 N–H and O–H groups in total. The quantitative estimate of drug-likeness (QED) is 0.557. The molecular weight excluding hydrogens is 144 g/mol. The average Bonchev–Trinajstić information content (AvgIpc) is 2.31. The van der Waals surface area contributed by atoms with E-state index in [9.17, 15) is 4.79 Å². The molecule has 0 aliphatic heterocycles. The van der Waals surface area contributed by atoms with Gasteiger partial charge in [-0.2, -0.15) is 5.10 Å². The van der Waals surface area contributed by atoms with Crippen molar-refractivity contribution in [2.45, 2.75) is 26.4 Å². The summed E-state index contributed by atoms with van der Waals surface area (Å²) < 4.78 is 0. The van der Waals surface area contributed by atoms with Crippen LogP contribution in [0, 0.1) is 0 Å². The molecule has 0 atom stereocenters. The fourth-order valence-electron chi connectivity index (χ4n) is 0.690. The van der Waals surface area contributed by atoms with E-state index in [2.05, 4.69) is 20.5 Å². The summed E-state index contributed by atoms with van der Waals surface area (Å²) in [6, 6.07) is 0.398. The van der Waals surface area contributed by atoms with E-state index in [0.29, 0.717) is 18.4 Å². The third-order valence-electron chi connectivity index (χ3n) is 1.23. The molecule has 0 saturated carbocycles. The molecule has 0 saturated heterocycles. The minimum atomic E-state index is -0.259. The van der Waals surface area contributed by atoms with Crippen LogP contribution in [-0.4, -0.2) is 21.2 Å². The van der Waals surface area contributed by atoms with E-state index in [1.54, 1.807) is 0 Å². The van der Waals surface area contributed by atoms with Gasteiger partial charge in [-0.05, 0) is 0 Å². The predicted molar refractivity (Wildman–Crippen MR) is 41.2 cm³/mol. The van der Waals surface area contributed by atoms with Crippen LogP contribution in [-0.2, 0) is 6.54 Å². The number of nitrogens with one attached hydrogen (secondary N) is 3. The highest BCUT2D eigenvalue weighted by molar-refractivity contribution is 4.79. The second-order valence-electron chi connectivity index (χ2n) is 2.66. The Balaban J connectivity index is 2.45. The summed E-state index contributed by atoms with van der Waals surface area (Å²) >= 11 is 0. The minimum absolute atomic E-state index is 0.259. The first-order valence-electron chi connectivity index (χ1n) is 3.55. The lowest BCUT2D eigenvalue weighted by atomic mass is 10.4. The van der Waals surface area contributed by atoms with Crippen molar-refractivity contribution in [3.05, 3.63) is 16.3 Å². The summed E-state index contributed by atoms with van der Waals surface area (Å²) in [4.78, 5) is 13.1. The molecule has 0 radical (unpaired) electrons. The van der Waals surface area contributed by atoms with Crippen LogP contribution in [0.1, 0.15) is 19.7 Å². The van der Waals surface area contributed by atoms with Crippen molar-refractivity contribution in [2.75, 3.05) is 0 Å². The molecule has 0 bridgehead atoms. The summed E-state index contributed by atoms with van der Waals surface area (Å²) in [7, 11) is 0. The zero-order valence-corrected chi connectivity index (χ0v) is 6.64. The van der Waals surface area contributed by atoms with Crippen molar-refractivity contribution >= 4 is 0 Å². The molecule has 0 aliphatic rings. The molecule has 0 amide bonds. The second-order valence-corrected chi connectivity index (χ2v) is 2.66. The normalized spacial score (nSPS) is 10.8. The topological polar surface area (TPSA) is 73.6 Å². The van der Waals surface area contributed by atoms with E-state index in [4.69, 9.17) is 0 Å². The number of rotatable bonds is 3. The van der Waals surface area contributed by atoms with Crippen LogP contribution in [0.25, 0.3) is 0 Å². The van der Waals surface area contributed by atoms with Gasteiger partial charge in [0.15, 0.2) is 0 Å². The molecule has 0 fully saturated rings. The van der Waals surface area contributed by atoms with Crippen LogP contribution < -0.4 is 11.0 Å². The summed E-state index contributed by atoms with van der Waals surface area (Å²) in [6.07, 6.45) is 0. The van der Waals surface area contributed by atoms with Gasteiger partial charge in [-0.25, -0.2) is 9.89 Å². The molecular formula is C6H12N4O. The molecule has 1 aromatic rings. The van der Waals surface area contributed by atoms with Crippen LogP contribution in [0.15, 0.2) is 4.79 Å². The number of aromatic nitrogens is 3. The number of nitrogens with zero attached hydrogens (tertiary/aromatic N) is 1. The van der Waals surface area contributed by atoms with Gasteiger partial charge >= 0.3 is 5.69 Å². The van der Waals surface area contributed by atoms with Gasteiger partial charge in [-0.1, -0.05) is 13.8 Å². The van der Waals surface area contributed by atoms with E-state index in [-0.39, 0.29) is 5.69 Å². The SMILES string of the molecule is CC(C)NCc1n[nH]c(=O)[nH]1. The average molecular weight is 156 g/mol. The number of hydrogen-bond acceptors (Lipinski definition) is 3. The van der Waals surface area contributed by atoms with Crippen molar-refractivity contribution in [1.82, 2.24) is 20.5 Å². The standard InChI is InChI=1S/C6H12N4O/c1-4(2)7-3-5-8-6(11)10-9-5/h4,7H,3H2,1-2H3,(H2,8,9,10,11). The Morgan fingerprint density at radius 1 is 1.64 bits per heavy atom. The van der Waals surface area contributed by atoms with E-state index in [0.717, 1.165) is 0 Å². The van der Waals surface area contributed by atoms with E-state index >= 15 is 0 Å². The monoisotopic (exact) mass is 156 g/mol. The van der Waals surface area contributed by atoms with Crippen LogP contribution in [0.4, 0.5) is 0 Å². The number of H-pyrrole nitrogens is 2. The predicted octanol–water partition coefficient (Wildman–Crippen LogP) is -0.404. The van der Waals surface area contributed by atoms with Gasteiger partial charge in [0.2, 0.25) is 0 Å². The first-order valence-corrected chi connectivity index (χ1v) is 3.55. The zero-order chi connectivity index (χ0) is 8.27. The van der Waals surface area contributed by atoms with Gasteiger partial charge in [0.1, 0.15) is 5.82 Å². The summed E-state index contributed by atoms with van der Waals surface area (Å²) in [5.74, 6) is 0.642. The minimum Gasteiger partial charge on any atom is -0.308 e. The molecule has 5 nitrogen and oxygen atoms in total. The molecule has 0 spiro atoms. The van der Waals surface area contributed by atoms with Crippen LogP contribution in [0.2, 0.25) is 0 Å². The van der Waals surface area contributed by atoms with Crippen molar-refractivity contribution in [1.29, 1.82) is 0 Å². The van der Waals surface area contributed by atoms with Gasteiger partial charge in [-0.15, -0.1) is 0 Å². The highest BCUT2D eigenvalue weighted by Crippen LogP contribution is 1.83.